The van der Waals surface area contributed by atoms with E-state index in [1.807, 2.05) is 12.1 Å². The standard InChI is InChI=1S/C14H6BrN3O3/c15-12-6-11(3-2-10(12)8-17)21-14-4-1-9(7-16)5-13(14)18(19)20/h1-6H. The Balaban J connectivity index is 2.40. The lowest BCUT2D eigenvalue weighted by atomic mass is 10.2. The van der Waals surface area contributed by atoms with Gasteiger partial charge in [0.1, 0.15) is 11.8 Å². The van der Waals surface area contributed by atoms with Crippen molar-refractivity contribution in [3.05, 3.63) is 62.1 Å². The predicted octanol–water partition coefficient (Wildman–Crippen LogP) is 3.89. The summed E-state index contributed by atoms with van der Waals surface area (Å²) in [5.41, 5.74) is 0.307. The number of rotatable bonds is 3. The van der Waals surface area contributed by atoms with Crippen LogP contribution in [0.1, 0.15) is 11.1 Å². The van der Waals surface area contributed by atoms with Gasteiger partial charge in [0.25, 0.3) is 0 Å². The van der Waals surface area contributed by atoms with Crippen LogP contribution in [-0.2, 0) is 0 Å². The monoisotopic (exact) mass is 343 g/mol. The minimum Gasteiger partial charge on any atom is -0.450 e. The predicted molar refractivity (Wildman–Crippen MR) is 76.7 cm³/mol. The fourth-order valence-corrected chi connectivity index (χ4v) is 2.04. The molecule has 0 amide bonds. The zero-order valence-corrected chi connectivity index (χ0v) is 12.0. The summed E-state index contributed by atoms with van der Waals surface area (Å²) >= 11 is 3.21. The molecule has 0 heterocycles. The summed E-state index contributed by atoms with van der Waals surface area (Å²) in [4.78, 5) is 10.4. The maximum atomic E-state index is 11.0. The Morgan fingerprint density at radius 1 is 1.14 bits per heavy atom. The quantitative estimate of drug-likeness (QED) is 0.621. The summed E-state index contributed by atoms with van der Waals surface area (Å²) in [6, 6.07) is 12.4. The molecule has 2 aromatic carbocycles. The fraction of sp³-hybridized carbons (Fsp3) is 0. The van der Waals surface area contributed by atoms with E-state index in [1.54, 1.807) is 6.07 Å². The lowest BCUT2D eigenvalue weighted by molar-refractivity contribution is -0.385. The lowest BCUT2D eigenvalue weighted by Gasteiger charge is -2.07. The molecule has 0 atom stereocenters. The smallest absolute Gasteiger partial charge is 0.312 e. The number of nitro groups is 1. The lowest BCUT2D eigenvalue weighted by Crippen LogP contribution is -1.94. The summed E-state index contributed by atoms with van der Waals surface area (Å²) in [5.74, 6) is 0.365. The van der Waals surface area contributed by atoms with E-state index in [0.29, 0.717) is 15.8 Å². The van der Waals surface area contributed by atoms with Crippen molar-refractivity contribution in [2.24, 2.45) is 0 Å². The van der Waals surface area contributed by atoms with Crippen molar-refractivity contribution in [1.82, 2.24) is 0 Å². The van der Waals surface area contributed by atoms with Crippen LogP contribution in [0.2, 0.25) is 0 Å². The van der Waals surface area contributed by atoms with Crippen molar-refractivity contribution in [2.75, 3.05) is 0 Å². The average Bonchev–Trinajstić information content (AvgIpc) is 2.47. The maximum Gasteiger partial charge on any atom is 0.312 e. The molecule has 0 saturated heterocycles. The molecule has 0 N–H and O–H groups in total. The van der Waals surface area contributed by atoms with Crippen molar-refractivity contribution < 1.29 is 9.66 Å². The molecule has 6 nitrogen and oxygen atoms in total. The average molecular weight is 344 g/mol. The molecule has 0 saturated carbocycles. The second-order valence-electron chi connectivity index (χ2n) is 3.91. The van der Waals surface area contributed by atoms with Gasteiger partial charge in [0.15, 0.2) is 0 Å². The van der Waals surface area contributed by atoms with E-state index >= 15 is 0 Å². The van der Waals surface area contributed by atoms with Crippen LogP contribution in [0.5, 0.6) is 11.5 Å². The van der Waals surface area contributed by atoms with E-state index in [1.165, 1.54) is 24.3 Å². The number of benzene rings is 2. The van der Waals surface area contributed by atoms with Crippen molar-refractivity contribution in [1.29, 1.82) is 10.5 Å². The molecule has 0 spiro atoms. The van der Waals surface area contributed by atoms with Gasteiger partial charge in [0.2, 0.25) is 5.75 Å². The first-order chi connectivity index (χ1) is 10.0. The zero-order chi connectivity index (χ0) is 15.4. The third-order valence-corrected chi connectivity index (χ3v) is 3.23. The van der Waals surface area contributed by atoms with Gasteiger partial charge in [-0.1, -0.05) is 0 Å². The highest BCUT2D eigenvalue weighted by molar-refractivity contribution is 9.10. The Morgan fingerprint density at radius 3 is 2.48 bits per heavy atom. The zero-order valence-electron chi connectivity index (χ0n) is 10.4. The molecular formula is C14H6BrN3O3. The van der Waals surface area contributed by atoms with Crippen molar-refractivity contribution >= 4 is 21.6 Å². The van der Waals surface area contributed by atoms with E-state index in [-0.39, 0.29) is 17.0 Å². The molecule has 0 radical (unpaired) electrons. The number of ether oxygens (including phenoxy) is 1. The van der Waals surface area contributed by atoms with Crippen LogP contribution in [0.15, 0.2) is 40.9 Å². The van der Waals surface area contributed by atoms with Crippen LogP contribution in [0.4, 0.5) is 5.69 Å². The molecule has 0 bridgehead atoms. The molecule has 102 valence electrons. The minimum atomic E-state index is -0.616. The molecule has 0 fully saturated rings. The fourth-order valence-electron chi connectivity index (χ4n) is 1.59. The second kappa shape index (κ2) is 6.04. The number of nitrogens with zero attached hydrogens (tertiary/aromatic N) is 3. The van der Waals surface area contributed by atoms with Crippen molar-refractivity contribution in [3.63, 3.8) is 0 Å². The van der Waals surface area contributed by atoms with Crippen LogP contribution < -0.4 is 4.74 Å². The Morgan fingerprint density at radius 2 is 1.90 bits per heavy atom. The SMILES string of the molecule is N#Cc1ccc(Oc2ccc(C#N)c(Br)c2)c([N+](=O)[O-])c1. The van der Waals surface area contributed by atoms with Crippen LogP contribution in [0.25, 0.3) is 0 Å². The number of hydrogen-bond acceptors (Lipinski definition) is 5. The van der Waals surface area contributed by atoms with Gasteiger partial charge >= 0.3 is 5.69 Å². The molecule has 21 heavy (non-hydrogen) atoms. The number of hydrogen-bond donors (Lipinski definition) is 0. The summed E-state index contributed by atoms with van der Waals surface area (Å²) in [5, 5.41) is 28.6. The largest absolute Gasteiger partial charge is 0.450 e. The first kappa shape index (κ1) is 14.5. The molecule has 0 aromatic heterocycles. The van der Waals surface area contributed by atoms with Gasteiger partial charge in [0.05, 0.1) is 22.1 Å². The van der Waals surface area contributed by atoms with Crippen molar-refractivity contribution in [3.8, 4) is 23.6 Å². The highest BCUT2D eigenvalue weighted by Gasteiger charge is 2.17. The number of nitro benzene ring substituents is 1. The molecule has 2 rings (SSSR count). The maximum absolute atomic E-state index is 11.0. The Labute approximate surface area is 128 Å². The second-order valence-corrected chi connectivity index (χ2v) is 4.76. The van der Waals surface area contributed by atoms with E-state index < -0.39 is 4.92 Å². The topological polar surface area (TPSA) is 99.9 Å². The summed E-state index contributed by atoms with van der Waals surface area (Å²) in [7, 11) is 0. The summed E-state index contributed by atoms with van der Waals surface area (Å²) < 4.78 is 5.99. The van der Waals surface area contributed by atoms with Crippen molar-refractivity contribution in [2.45, 2.75) is 0 Å². The van der Waals surface area contributed by atoms with Gasteiger partial charge in [-0.2, -0.15) is 10.5 Å². The van der Waals surface area contributed by atoms with Gasteiger partial charge in [-0.25, -0.2) is 0 Å². The molecular weight excluding hydrogens is 338 g/mol. The van der Waals surface area contributed by atoms with Crippen LogP contribution >= 0.6 is 15.9 Å². The van der Waals surface area contributed by atoms with Crippen LogP contribution in [-0.4, -0.2) is 4.92 Å². The summed E-state index contributed by atoms with van der Waals surface area (Å²) in [6.07, 6.45) is 0. The number of halogens is 1. The van der Waals surface area contributed by atoms with Gasteiger partial charge in [-0.15, -0.1) is 0 Å². The van der Waals surface area contributed by atoms with Gasteiger partial charge in [-0.3, -0.25) is 10.1 Å². The van der Waals surface area contributed by atoms with Gasteiger partial charge in [0, 0.05) is 10.5 Å². The van der Waals surface area contributed by atoms with Gasteiger partial charge < -0.3 is 4.74 Å². The Kier molecular flexibility index (Phi) is 4.17. The molecule has 0 aliphatic rings. The molecule has 0 aliphatic heterocycles. The highest BCUT2D eigenvalue weighted by Crippen LogP contribution is 2.33. The molecule has 2 aromatic rings. The third-order valence-electron chi connectivity index (χ3n) is 2.57. The molecule has 7 heteroatoms. The van der Waals surface area contributed by atoms with E-state index in [2.05, 4.69) is 15.9 Å². The Hall–Kier alpha value is -2.90. The first-order valence-corrected chi connectivity index (χ1v) is 6.40. The van der Waals surface area contributed by atoms with Gasteiger partial charge in [-0.05, 0) is 46.3 Å². The van der Waals surface area contributed by atoms with Crippen LogP contribution in [0, 0.1) is 32.8 Å². The van der Waals surface area contributed by atoms with E-state index in [9.17, 15) is 10.1 Å². The van der Waals surface area contributed by atoms with E-state index in [4.69, 9.17) is 15.3 Å². The molecule has 0 aliphatic carbocycles. The highest BCUT2D eigenvalue weighted by atomic mass is 79.9. The third kappa shape index (κ3) is 3.16. The first-order valence-electron chi connectivity index (χ1n) is 5.61. The normalized spacial score (nSPS) is 9.48. The summed E-state index contributed by atoms with van der Waals surface area (Å²) in [6.45, 7) is 0. The molecule has 0 unspecified atom stereocenters. The Bertz CT molecular complexity index is 806. The van der Waals surface area contributed by atoms with E-state index in [0.717, 1.165) is 6.07 Å². The minimum absolute atomic E-state index is 0.0237. The van der Waals surface area contributed by atoms with Crippen LogP contribution in [0.3, 0.4) is 0 Å². The number of nitriles is 2.